The third-order valence-corrected chi connectivity index (χ3v) is 2.19. The number of hydrazine groups is 1. The van der Waals surface area contributed by atoms with Gasteiger partial charge in [-0.3, -0.25) is 9.80 Å². The van der Waals surface area contributed by atoms with Gasteiger partial charge in [-0.1, -0.05) is 13.8 Å². The Balaban J connectivity index is 2.78. The highest BCUT2D eigenvalue weighted by Crippen LogP contribution is 2.25. The van der Waals surface area contributed by atoms with E-state index in [9.17, 15) is 9.90 Å². The minimum absolute atomic E-state index is 0.0579. The van der Waals surface area contributed by atoms with Crippen LogP contribution in [0.25, 0.3) is 0 Å². The number of hydrogen-bond donors (Lipinski definition) is 2. The van der Waals surface area contributed by atoms with E-state index in [0.29, 0.717) is 0 Å². The highest BCUT2D eigenvalue weighted by Gasteiger charge is 2.40. The van der Waals surface area contributed by atoms with Crippen LogP contribution in [-0.2, 0) is 4.79 Å². The third kappa shape index (κ3) is 0.803. The van der Waals surface area contributed by atoms with Gasteiger partial charge in [0.05, 0.1) is 0 Å². The van der Waals surface area contributed by atoms with Crippen LogP contribution in [0.4, 0.5) is 0 Å². The highest BCUT2D eigenvalue weighted by atomic mass is 16.3. The number of amides is 1. The smallest absolute Gasteiger partial charge is 0.242 e. The molecular weight excluding hydrogens is 132 g/mol. The summed E-state index contributed by atoms with van der Waals surface area (Å²) in [4.78, 5) is 11.0. The first-order valence-corrected chi connectivity index (χ1v) is 3.31. The Hall–Kier alpha value is -0.610. The zero-order valence-corrected chi connectivity index (χ0v) is 6.11. The van der Waals surface area contributed by atoms with E-state index < -0.39 is 6.23 Å². The second kappa shape index (κ2) is 2.21. The molecule has 1 rings (SSSR count). The maximum absolute atomic E-state index is 11.0. The summed E-state index contributed by atoms with van der Waals surface area (Å²) < 4.78 is 0. The summed E-state index contributed by atoms with van der Waals surface area (Å²) in [6, 6.07) is 0. The molecule has 4 heteroatoms. The third-order valence-electron chi connectivity index (χ3n) is 2.19. The number of carbonyl (C=O) groups excluding carboxylic acids is 1. The van der Waals surface area contributed by atoms with Crippen LogP contribution in [-0.4, -0.2) is 22.3 Å². The number of nitrogens with two attached hydrogens (primary N) is 1. The van der Waals surface area contributed by atoms with Gasteiger partial charge in [-0.05, 0) is 0 Å². The fourth-order valence-corrected chi connectivity index (χ4v) is 1.10. The van der Waals surface area contributed by atoms with Crippen LogP contribution in [0.5, 0.6) is 0 Å². The van der Waals surface area contributed by atoms with Crippen molar-refractivity contribution in [2.24, 2.45) is 17.7 Å². The summed E-state index contributed by atoms with van der Waals surface area (Å²) in [7, 11) is 0. The van der Waals surface area contributed by atoms with E-state index in [4.69, 9.17) is 5.84 Å². The molecule has 0 aromatic heterocycles. The lowest BCUT2D eigenvalue weighted by Gasteiger charge is -2.14. The van der Waals surface area contributed by atoms with Gasteiger partial charge in [0.1, 0.15) is 6.23 Å². The van der Waals surface area contributed by atoms with Gasteiger partial charge < -0.3 is 5.11 Å². The molecular formula is C6H12N2O2. The Labute approximate surface area is 59.6 Å². The lowest BCUT2D eigenvalue weighted by atomic mass is 9.99. The summed E-state index contributed by atoms with van der Waals surface area (Å²) in [5.41, 5.74) is 0. The summed E-state index contributed by atoms with van der Waals surface area (Å²) >= 11 is 0. The number of aliphatic hydroxyl groups excluding tert-OH is 1. The van der Waals surface area contributed by atoms with Crippen LogP contribution in [0.3, 0.4) is 0 Å². The zero-order chi connectivity index (χ0) is 7.89. The van der Waals surface area contributed by atoms with Crippen LogP contribution in [0, 0.1) is 11.8 Å². The molecule has 1 aliphatic heterocycles. The average molecular weight is 144 g/mol. The molecule has 0 radical (unpaired) electrons. The van der Waals surface area contributed by atoms with E-state index in [1.807, 2.05) is 0 Å². The molecule has 3 N–H and O–H groups in total. The van der Waals surface area contributed by atoms with Crippen molar-refractivity contribution in [2.45, 2.75) is 20.1 Å². The van der Waals surface area contributed by atoms with E-state index in [0.717, 1.165) is 5.01 Å². The van der Waals surface area contributed by atoms with Crippen molar-refractivity contribution in [3.63, 3.8) is 0 Å². The predicted molar refractivity (Wildman–Crippen MR) is 35.4 cm³/mol. The number of aliphatic hydroxyl groups is 1. The van der Waals surface area contributed by atoms with Gasteiger partial charge in [0.15, 0.2) is 0 Å². The molecule has 0 bridgehead atoms. The van der Waals surface area contributed by atoms with Gasteiger partial charge in [-0.15, -0.1) is 0 Å². The van der Waals surface area contributed by atoms with Crippen LogP contribution in [0.15, 0.2) is 0 Å². The van der Waals surface area contributed by atoms with E-state index in [1.165, 1.54) is 0 Å². The largest absolute Gasteiger partial charge is 0.372 e. The molecule has 1 fully saturated rings. The van der Waals surface area contributed by atoms with E-state index in [2.05, 4.69) is 0 Å². The monoisotopic (exact) mass is 144 g/mol. The minimum atomic E-state index is -0.803. The second-order valence-corrected chi connectivity index (χ2v) is 2.81. The number of carbonyl (C=O) groups is 1. The van der Waals surface area contributed by atoms with Gasteiger partial charge in [-0.25, -0.2) is 5.84 Å². The SMILES string of the molecule is CC1C(=O)N(N)C(O)C1C. The Morgan fingerprint density at radius 3 is 2.20 bits per heavy atom. The van der Waals surface area contributed by atoms with Crippen molar-refractivity contribution in [1.29, 1.82) is 0 Å². The Bertz CT molecular complexity index is 144. The summed E-state index contributed by atoms with van der Waals surface area (Å²) in [5.74, 6) is 4.85. The van der Waals surface area contributed by atoms with Crippen molar-refractivity contribution in [2.75, 3.05) is 0 Å². The molecule has 1 saturated heterocycles. The molecule has 0 spiro atoms. The quantitative estimate of drug-likeness (QED) is 0.349. The lowest BCUT2D eigenvalue weighted by molar-refractivity contribution is -0.135. The zero-order valence-electron chi connectivity index (χ0n) is 6.11. The van der Waals surface area contributed by atoms with Crippen LogP contribution in [0.2, 0.25) is 0 Å². The minimum Gasteiger partial charge on any atom is -0.372 e. The fourth-order valence-electron chi connectivity index (χ4n) is 1.10. The van der Waals surface area contributed by atoms with Crippen LogP contribution < -0.4 is 5.84 Å². The van der Waals surface area contributed by atoms with Crippen LogP contribution >= 0.6 is 0 Å². The molecule has 1 amide bonds. The molecule has 0 aromatic carbocycles. The van der Waals surface area contributed by atoms with Crippen molar-refractivity contribution in [3.05, 3.63) is 0 Å². The molecule has 0 aliphatic carbocycles. The maximum atomic E-state index is 11.0. The predicted octanol–water partition coefficient (Wildman–Crippen LogP) is -0.707. The van der Waals surface area contributed by atoms with Crippen LogP contribution in [0.1, 0.15) is 13.8 Å². The van der Waals surface area contributed by atoms with Crippen molar-refractivity contribution < 1.29 is 9.90 Å². The molecule has 1 heterocycles. The molecule has 3 unspecified atom stereocenters. The number of nitrogens with zero attached hydrogens (tertiary/aromatic N) is 1. The Kier molecular flexibility index (Phi) is 1.66. The number of hydrogen-bond acceptors (Lipinski definition) is 3. The Morgan fingerprint density at radius 1 is 1.60 bits per heavy atom. The van der Waals surface area contributed by atoms with Gasteiger partial charge >= 0.3 is 0 Å². The number of rotatable bonds is 0. The summed E-state index contributed by atoms with van der Waals surface area (Å²) in [6.45, 7) is 3.57. The summed E-state index contributed by atoms with van der Waals surface area (Å²) in [5, 5.41) is 10.1. The van der Waals surface area contributed by atoms with Gasteiger partial charge in [0.25, 0.3) is 0 Å². The molecule has 58 valence electrons. The van der Waals surface area contributed by atoms with E-state index >= 15 is 0 Å². The molecule has 0 saturated carbocycles. The standard InChI is InChI=1S/C6H12N2O2/c1-3-4(2)6(10)8(7)5(3)9/h3-5,9H,7H2,1-2H3. The molecule has 10 heavy (non-hydrogen) atoms. The topological polar surface area (TPSA) is 66.6 Å². The van der Waals surface area contributed by atoms with Gasteiger partial charge in [-0.2, -0.15) is 0 Å². The van der Waals surface area contributed by atoms with Crippen molar-refractivity contribution in [3.8, 4) is 0 Å². The molecule has 1 aliphatic rings. The van der Waals surface area contributed by atoms with Gasteiger partial charge in [0.2, 0.25) is 5.91 Å². The average Bonchev–Trinajstić information content (AvgIpc) is 2.07. The Morgan fingerprint density at radius 2 is 2.10 bits per heavy atom. The fraction of sp³-hybridized carbons (Fsp3) is 0.833. The second-order valence-electron chi connectivity index (χ2n) is 2.81. The maximum Gasteiger partial charge on any atom is 0.242 e. The highest BCUT2D eigenvalue weighted by molar-refractivity contribution is 5.80. The van der Waals surface area contributed by atoms with Gasteiger partial charge in [0, 0.05) is 11.8 Å². The lowest BCUT2D eigenvalue weighted by Crippen LogP contribution is -2.40. The summed E-state index contributed by atoms with van der Waals surface area (Å²) in [6.07, 6.45) is -0.803. The first kappa shape index (κ1) is 7.50. The molecule has 0 aromatic rings. The van der Waals surface area contributed by atoms with E-state index in [-0.39, 0.29) is 17.7 Å². The molecule has 4 nitrogen and oxygen atoms in total. The van der Waals surface area contributed by atoms with Crippen molar-refractivity contribution >= 4 is 5.91 Å². The first-order chi connectivity index (χ1) is 4.55. The normalized spacial score (nSPS) is 41.0. The molecule has 3 atom stereocenters. The van der Waals surface area contributed by atoms with E-state index in [1.54, 1.807) is 13.8 Å². The van der Waals surface area contributed by atoms with Crippen molar-refractivity contribution in [1.82, 2.24) is 5.01 Å². The first-order valence-electron chi connectivity index (χ1n) is 3.31.